The highest BCUT2D eigenvalue weighted by atomic mass is 16.6. The summed E-state index contributed by atoms with van der Waals surface area (Å²) in [6, 6.07) is 10.8. The fraction of sp³-hybridized carbons (Fsp3) is 0.300. The van der Waals surface area contributed by atoms with Crippen LogP contribution in [0.1, 0.15) is 40.5 Å². The Hall–Kier alpha value is -3.82. The first-order valence-corrected chi connectivity index (χ1v) is 9.33. The van der Waals surface area contributed by atoms with Gasteiger partial charge >= 0.3 is 0 Å². The van der Waals surface area contributed by atoms with E-state index >= 15 is 0 Å². The molecule has 1 atom stereocenters. The Morgan fingerprint density at radius 1 is 0.833 bits per heavy atom. The molecule has 0 unspecified atom stereocenters. The molecule has 0 bridgehead atoms. The van der Waals surface area contributed by atoms with Crippen LogP contribution in [-0.2, 0) is 0 Å². The van der Waals surface area contributed by atoms with Gasteiger partial charge < -0.3 is 10.6 Å². The van der Waals surface area contributed by atoms with Gasteiger partial charge in [0.05, 0.1) is 9.85 Å². The molecular formula is C20H22N4O6. The molecule has 30 heavy (non-hydrogen) atoms. The summed E-state index contributed by atoms with van der Waals surface area (Å²) in [5.41, 5.74) is 0.555. The number of hydrogen-bond donors (Lipinski definition) is 2. The summed E-state index contributed by atoms with van der Waals surface area (Å²) in [6.07, 6.45) is 1.47. The van der Waals surface area contributed by atoms with Gasteiger partial charge in [0.2, 0.25) is 0 Å². The number of nitro groups is 2. The highest BCUT2D eigenvalue weighted by Gasteiger charge is 2.12. The molecule has 2 amide bonds. The maximum Gasteiger partial charge on any atom is 0.269 e. The molecule has 0 fully saturated rings. The minimum Gasteiger partial charge on any atom is -0.352 e. The summed E-state index contributed by atoms with van der Waals surface area (Å²) in [4.78, 5) is 44.3. The molecule has 0 aliphatic heterocycles. The fourth-order valence-corrected chi connectivity index (χ4v) is 2.69. The number of rotatable bonds is 10. The van der Waals surface area contributed by atoms with E-state index in [4.69, 9.17) is 0 Å². The third kappa shape index (κ3) is 6.66. The topological polar surface area (TPSA) is 144 Å². The number of nitrogens with one attached hydrogen (secondary N) is 2. The number of carbonyl (C=O) groups excluding carboxylic acids is 2. The molecule has 158 valence electrons. The molecule has 2 aromatic rings. The molecule has 0 radical (unpaired) electrons. The van der Waals surface area contributed by atoms with Crippen LogP contribution >= 0.6 is 0 Å². The van der Waals surface area contributed by atoms with Crippen LogP contribution in [0.3, 0.4) is 0 Å². The predicted octanol–water partition coefficient (Wildman–Crippen LogP) is 3.08. The molecule has 0 saturated carbocycles. The predicted molar refractivity (Wildman–Crippen MR) is 109 cm³/mol. The summed E-state index contributed by atoms with van der Waals surface area (Å²) in [6.45, 7) is 2.84. The van der Waals surface area contributed by atoms with Crippen molar-refractivity contribution in [3.05, 3.63) is 79.9 Å². The SMILES string of the molecule is C[C@H](CCCNC(=O)c1ccc([N+](=O)[O-])cc1)CNC(=O)c1ccc([N+](=O)[O-])cc1. The van der Waals surface area contributed by atoms with Crippen molar-refractivity contribution in [2.75, 3.05) is 13.1 Å². The molecule has 0 spiro atoms. The van der Waals surface area contributed by atoms with Crippen molar-refractivity contribution in [3.63, 3.8) is 0 Å². The number of benzene rings is 2. The smallest absolute Gasteiger partial charge is 0.269 e. The molecule has 2 rings (SSSR count). The summed E-state index contributed by atoms with van der Waals surface area (Å²) in [5.74, 6) is -0.435. The van der Waals surface area contributed by atoms with E-state index in [1.807, 2.05) is 6.92 Å². The van der Waals surface area contributed by atoms with Crippen molar-refractivity contribution in [2.45, 2.75) is 19.8 Å². The standard InChI is InChI=1S/C20H22N4O6/c1-14(13-22-20(26)16-6-10-18(11-7-16)24(29)30)3-2-12-21-19(25)15-4-8-17(9-5-15)23(27)28/h4-11,14H,2-3,12-13H2,1H3,(H,21,25)(H,22,26)/t14-/m1/s1. The monoisotopic (exact) mass is 414 g/mol. The number of hydrogen-bond acceptors (Lipinski definition) is 6. The van der Waals surface area contributed by atoms with Crippen molar-refractivity contribution in [2.24, 2.45) is 5.92 Å². The van der Waals surface area contributed by atoms with Crippen molar-refractivity contribution in [1.82, 2.24) is 10.6 Å². The van der Waals surface area contributed by atoms with E-state index in [-0.39, 0.29) is 29.1 Å². The quantitative estimate of drug-likeness (QED) is 0.347. The molecule has 0 saturated heterocycles. The van der Waals surface area contributed by atoms with Crippen LogP contribution in [0, 0.1) is 26.1 Å². The number of amides is 2. The zero-order chi connectivity index (χ0) is 22.1. The summed E-state index contributed by atoms with van der Waals surface area (Å²) in [5, 5.41) is 26.8. The van der Waals surface area contributed by atoms with E-state index in [1.54, 1.807) is 0 Å². The van der Waals surface area contributed by atoms with Gasteiger partial charge in [0, 0.05) is 48.5 Å². The first kappa shape index (κ1) is 22.5. The Bertz CT molecular complexity index is 912. The van der Waals surface area contributed by atoms with Crippen molar-refractivity contribution < 1.29 is 19.4 Å². The molecular weight excluding hydrogens is 392 g/mol. The second-order valence-corrected chi connectivity index (χ2v) is 6.82. The van der Waals surface area contributed by atoms with E-state index in [2.05, 4.69) is 10.6 Å². The van der Waals surface area contributed by atoms with E-state index in [9.17, 15) is 29.8 Å². The number of carbonyl (C=O) groups is 2. The van der Waals surface area contributed by atoms with Gasteiger partial charge in [-0.15, -0.1) is 0 Å². The highest BCUT2D eigenvalue weighted by Crippen LogP contribution is 2.13. The molecule has 0 heterocycles. The zero-order valence-corrected chi connectivity index (χ0v) is 16.4. The Morgan fingerprint density at radius 2 is 1.27 bits per heavy atom. The molecule has 0 aromatic heterocycles. The van der Waals surface area contributed by atoms with Gasteiger partial charge in [0.1, 0.15) is 0 Å². The van der Waals surface area contributed by atoms with E-state index in [0.29, 0.717) is 30.6 Å². The third-order valence-corrected chi connectivity index (χ3v) is 4.45. The molecule has 2 N–H and O–H groups in total. The lowest BCUT2D eigenvalue weighted by atomic mass is 10.1. The average molecular weight is 414 g/mol. The Morgan fingerprint density at radius 3 is 1.70 bits per heavy atom. The summed E-state index contributed by atoms with van der Waals surface area (Å²) < 4.78 is 0. The van der Waals surface area contributed by atoms with Gasteiger partial charge in [-0.1, -0.05) is 6.92 Å². The average Bonchev–Trinajstić information content (AvgIpc) is 2.75. The van der Waals surface area contributed by atoms with Gasteiger partial charge in [0.15, 0.2) is 0 Å². The Balaban J connectivity index is 1.67. The van der Waals surface area contributed by atoms with Gasteiger partial charge in [-0.05, 0) is 43.0 Å². The van der Waals surface area contributed by atoms with Crippen LogP contribution in [0.15, 0.2) is 48.5 Å². The van der Waals surface area contributed by atoms with E-state index < -0.39 is 9.85 Å². The first-order valence-electron chi connectivity index (χ1n) is 9.33. The lowest BCUT2D eigenvalue weighted by Gasteiger charge is -2.13. The van der Waals surface area contributed by atoms with Crippen molar-refractivity contribution in [3.8, 4) is 0 Å². The summed E-state index contributed by atoms with van der Waals surface area (Å²) in [7, 11) is 0. The number of nitrogens with zero attached hydrogens (tertiary/aromatic N) is 2. The number of nitro benzene ring substituents is 2. The minimum absolute atomic E-state index is 0.0730. The highest BCUT2D eigenvalue weighted by molar-refractivity contribution is 5.94. The van der Waals surface area contributed by atoms with E-state index in [0.717, 1.165) is 6.42 Å². The second-order valence-electron chi connectivity index (χ2n) is 6.82. The van der Waals surface area contributed by atoms with E-state index in [1.165, 1.54) is 48.5 Å². The lowest BCUT2D eigenvalue weighted by molar-refractivity contribution is -0.385. The maximum atomic E-state index is 12.1. The molecule has 0 aliphatic rings. The summed E-state index contributed by atoms with van der Waals surface area (Å²) >= 11 is 0. The van der Waals surface area contributed by atoms with Crippen LogP contribution < -0.4 is 10.6 Å². The van der Waals surface area contributed by atoms with Crippen molar-refractivity contribution in [1.29, 1.82) is 0 Å². The van der Waals surface area contributed by atoms with Gasteiger partial charge in [-0.25, -0.2) is 0 Å². The Labute approximate surface area is 172 Å². The van der Waals surface area contributed by atoms with Crippen LogP contribution in [0.25, 0.3) is 0 Å². The maximum absolute atomic E-state index is 12.1. The van der Waals surface area contributed by atoms with Gasteiger partial charge in [-0.3, -0.25) is 29.8 Å². The van der Waals surface area contributed by atoms with Crippen LogP contribution in [0.5, 0.6) is 0 Å². The molecule has 10 nitrogen and oxygen atoms in total. The number of non-ortho nitro benzene ring substituents is 2. The lowest BCUT2D eigenvalue weighted by Crippen LogP contribution is -2.29. The fourth-order valence-electron chi connectivity index (χ4n) is 2.69. The first-order chi connectivity index (χ1) is 14.3. The third-order valence-electron chi connectivity index (χ3n) is 4.45. The largest absolute Gasteiger partial charge is 0.352 e. The van der Waals surface area contributed by atoms with Gasteiger partial charge in [0.25, 0.3) is 23.2 Å². The second kappa shape index (κ2) is 10.6. The molecule has 2 aromatic carbocycles. The minimum atomic E-state index is -0.524. The zero-order valence-electron chi connectivity index (χ0n) is 16.4. The normalized spacial score (nSPS) is 11.4. The Kier molecular flexibility index (Phi) is 7.98. The van der Waals surface area contributed by atoms with Gasteiger partial charge in [-0.2, -0.15) is 0 Å². The molecule has 0 aliphatic carbocycles. The van der Waals surface area contributed by atoms with Crippen LogP contribution in [0.4, 0.5) is 11.4 Å². The molecule has 10 heteroatoms. The van der Waals surface area contributed by atoms with Crippen LogP contribution in [-0.4, -0.2) is 34.8 Å². The van der Waals surface area contributed by atoms with Crippen LogP contribution in [0.2, 0.25) is 0 Å². The van der Waals surface area contributed by atoms with Crippen molar-refractivity contribution >= 4 is 23.2 Å².